The Labute approximate surface area is 224 Å². The summed E-state index contributed by atoms with van der Waals surface area (Å²) in [6, 6.07) is 33.1. The molecule has 0 heterocycles. The van der Waals surface area contributed by atoms with Crippen LogP contribution in [0.15, 0.2) is 91.0 Å². The number of hydrogen-bond acceptors (Lipinski definition) is 1. The number of aryl methyl sites for hydroxylation is 2. The maximum absolute atomic E-state index is 5.49. The third-order valence-electron chi connectivity index (χ3n) is 7.36. The Bertz CT molecular complexity index is 1240. The van der Waals surface area contributed by atoms with Crippen LogP contribution in [0.2, 0.25) is 0 Å². The van der Waals surface area contributed by atoms with Gasteiger partial charge in [-0.1, -0.05) is 136 Å². The predicted octanol–water partition coefficient (Wildman–Crippen LogP) is 10.7. The molecule has 0 radical (unpaired) electrons. The van der Waals surface area contributed by atoms with Crippen LogP contribution in [0.5, 0.6) is 5.75 Å². The van der Waals surface area contributed by atoms with E-state index in [1.54, 1.807) is 7.11 Å². The van der Waals surface area contributed by atoms with Crippen molar-refractivity contribution in [2.45, 2.75) is 71.6 Å². The fraction of sp³-hybridized carbons (Fsp3) is 0.333. The summed E-state index contributed by atoms with van der Waals surface area (Å²) in [7, 11) is 1.73. The lowest BCUT2D eigenvalue weighted by Crippen LogP contribution is -1.98. The van der Waals surface area contributed by atoms with E-state index >= 15 is 0 Å². The van der Waals surface area contributed by atoms with Gasteiger partial charge in [-0.15, -0.1) is 0 Å². The minimum atomic E-state index is 0.893. The van der Waals surface area contributed by atoms with Gasteiger partial charge in [0.05, 0.1) is 7.11 Å². The molecule has 0 aliphatic rings. The van der Waals surface area contributed by atoms with Gasteiger partial charge in [-0.25, -0.2) is 0 Å². The first-order valence-corrected chi connectivity index (χ1v) is 14.1. The molecule has 4 aromatic carbocycles. The van der Waals surface area contributed by atoms with Gasteiger partial charge in [0.2, 0.25) is 0 Å². The summed E-state index contributed by atoms with van der Waals surface area (Å²) >= 11 is 0. The van der Waals surface area contributed by atoms with Crippen molar-refractivity contribution in [1.82, 2.24) is 0 Å². The average molecular weight is 491 g/mol. The molecule has 0 unspecified atom stereocenters. The molecule has 0 aromatic heterocycles. The molecule has 0 saturated carbocycles. The molecule has 0 amide bonds. The third-order valence-corrected chi connectivity index (χ3v) is 7.36. The van der Waals surface area contributed by atoms with Crippen LogP contribution >= 0.6 is 0 Å². The summed E-state index contributed by atoms with van der Waals surface area (Å²) in [5.41, 5.74) is 10.5. The van der Waals surface area contributed by atoms with Crippen molar-refractivity contribution in [3.8, 4) is 39.1 Å². The first kappa shape index (κ1) is 26.7. The zero-order valence-electron chi connectivity index (χ0n) is 22.9. The van der Waals surface area contributed by atoms with Crippen LogP contribution in [0, 0.1) is 6.92 Å². The van der Waals surface area contributed by atoms with Crippen LogP contribution in [0.1, 0.15) is 69.4 Å². The minimum Gasteiger partial charge on any atom is -0.497 e. The van der Waals surface area contributed by atoms with Crippen molar-refractivity contribution < 1.29 is 4.74 Å². The Kier molecular flexibility index (Phi) is 10.0. The summed E-state index contributed by atoms with van der Waals surface area (Å²) in [4.78, 5) is 0. The highest BCUT2D eigenvalue weighted by Gasteiger charge is 2.18. The predicted molar refractivity (Wildman–Crippen MR) is 160 cm³/mol. The molecule has 1 nitrogen and oxygen atoms in total. The summed E-state index contributed by atoms with van der Waals surface area (Å²) in [5.74, 6) is 0.893. The first-order chi connectivity index (χ1) is 18.2. The summed E-state index contributed by atoms with van der Waals surface area (Å²) in [6.07, 6.45) is 11.8. The van der Waals surface area contributed by atoms with Crippen LogP contribution < -0.4 is 4.74 Å². The van der Waals surface area contributed by atoms with Crippen molar-refractivity contribution in [2.24, 2.45) is 0 Å². The van der Waals surface area contributed by atoms with Crippen molar-refractivity contribution in [3.05, 3.63) is 102 Å². The van der Waals surface area contributed by atoms with E-state index in [1.807, 2.05) is 0 Å². The molecule has 0 spiro atoms. The van der Waals surface area contributed by atoms with Gasteiger partial charge in [0, 0.05) is 0 Å². The van der Waals surface area contributed by atoms with Gasteiger partial charge in [0.15, 0.2) is 0 Å². The van der Waals surface area contributed by atoms with E-state index in [-0.39, 0.29) is 0 Å². The van der Waals surface area contributed by atoms with Crippen molar-refractivity contribution in [2.75, 3.05) is 7.11 Å². The van der Waals surface area contributed by atoms with Gasteiger partial charge < -0.3 is 4.74 Å². The Morgan fingerprint density at radius 1 is 0.568 bits per heavy atom. The molecule has 0 saturated heterocycles. The van der Waals surface area contributed by atoms with Crippen molar-refractivity contribution >= 4 is 0 Å². The zero-order chi connectivity index (χ0) is 25.9. The van der Waals surface area contributed by atoms with E-state index < -0.39 is 0 Å². The lowest BCUT2D eigenvalue weighted by Gasteiger charge is -2.21. The van der Waals surface area contributed by atoms with Crippen molar-refractivity contribution in [1.29, 1.82) is 0 Å². The summed E-state index contributed by atoms with van der Waals surface area (Å²) < 4.78 is 5.49. The summed E-state index contributed by atoms with van der Waals surface area (Å²) in [5, 5.41) is 0. The summed E-state index contributed by atoms with van der Waals surface area (Å²) in [6.45, 7) is 4.47. The molecular weight excluding hydrogens is 448 g/mol. The van der Waals surface area contributed by atoms with E-state index in [1.165, 1.54) is 95.9 Å². The molecule has 0 atom stereocenters. The quantitative estimate of drug-likeness (QED) is 0.169. The van der Waals surface area contributed by atoms with Crippen LogP contribution in [0.4, 0.5) is 0 Å². The lowest BCUT2D eigenvalue weighted by molar-refractivity contribution is 0.415. The smallest absolute Gasteiger partial charge is 0.118 e. The Morgan fingerprint density at radius 3 is 1.92 bits per heavy atom. The van der Waals surface area contributed by atoms with E-state index in [0.717, 1.165) is 12.2 Å². The van der Waals surface area contributed by atoms with Gasteiger partial charge >= 0.3 is 0 Å². The van der Waals surface area contributed by atoms with E-state index in [9.17, 15) is 0 Å². The maximum Gasteiger partial charge on any atom is 0.118 e. The van der Waals surface area contributed by atoms with Crippen molar-refractivity contribution in [3.63, 3.8) is 0 Å². The Balaban J connectivity index is 1.74. The highest BCUT2D eigenvalue weighted by molar-refractivity contribution is 5.96. The fourth-order valence-electron chi connectivity index (χ4n) is 5.35. The van der Waals surface area contributed by atoms with Gasteiger partial charge in [0.25, 0.3) is 0 Å². The standard InChI is InChI=1S/C36H42O/c1-4-5-6-7-8-9-10-12-19-30-23-26-34(29-17-13-11-14-18-29)36(32-20-15-16-28(2)27-32)35(30)31-21-24-33(37-3)25-22-31/h11,13-18,20-27H,4-10,12,19H2,1-3H3. The first-order valence-electron chi connectivity index (χ1n) is 14.1. The molecule has 0 aliphatic carbocycles. The molecule has 0 N–H and O–H groups in total. The van der Waals surface area contributed by atoms with Crippen LogP contribution in [0.25, 0.3) is 33.4 Å². The number of ether oxygens (including phenoxy) is 1. The molecule has 0 bridgehead atoms. The highest BCUT2D eigenvalue weighted by Crippen LogP contribution is 2.43. The molecule has 37 heavy (non-hydrogen) atoms. The highest BCUT2D eigenvalue weighted by atomic mass is 16.5. The third kappa shape index (κ3) is 7.13. The molecular formula is C36H42O. The molecule has 0 fully saturated rings. The van der Waals surface area contributed by atoms with E-state index in [0.29, 0.717) is 0 Å². The average Bonchev–Trinajstić information content (AvgIpc) is 2.94. The molecule has 4 rings (SSSR count). The SMILES string of the molecule is CCCCCCCCCCc1ccc(-c2ccccc2)c(-c2cccc(C)c2)c1-c1ccc(OC)cc1. The van der Waals surface area contributed by atoms with Crippen LogP contribution in [-0.2, 0) is 6.42 Å². The number of benzene rings is 4. The minimum absolute atomic E-state index is 0.893. The Hall–Kier alpha value is -3.32. The van der Waals surface area contributed by atoms with Gasteiger partial charge in [-0.05, 0) is 70.8 Å². The number of methoxy groups -OCH3 is 1. The zero-order valence-corrected chi connectivity index (χ0v) is 22.9. The fourth-order valence-corrected chi connectivity index (χ4v) is 5.35. The van der Waals surface area contributed by atoms with Crippen LogP contribution in [0.3, 0.4) is 0 Å². The largest absolute Gasteiger partial charge is 0.497 e. The monoisotopic (exact) mass is 490 g/mol. The Morgan fingerprint density at radius 2 is 1.24 bits per heavy atom. The van der Waals surface area contributed by atoms with Gasteiger partial charge in [0.1, 0.15) is 5.75 Å². The molecule has 4 aromatic rings. The number of rotatable bonds is 13. The number of unbranched alkanes of at least 4 members (excludes halogenated alkanes) is 7. The second-order valence-corrected chi connectivity index (χ2v) is 10.2. The second kappa shape index (κ2) is 13.8. The maximum atomic E-state index is 5.49. The van der Waals surface area contributed by atoms with Gasteiger partial charge in [-0.3, -0.25) is 0 Å². The molecule has 1 heteroatoms. The van der Waals surface area contributed by atoms with E-state index in [2.05, 4.69) is 105 Å². The molecule has 192 valence electrons. The second-order valence-electron chi connectivity index (χ2n) is 10.2. The normalized spacial score (nSPS) is 11.0. The number of hydrogen-bond donors (Lipinski definition) is 0. The van der Waals surface area contributed by atoms with Gasteiger partial charge in [-0.2, -0.15) is 0 Å². The lowest BCUT2D eigenvalue weighted by atomic mass is 9.83. The van der Waals surface area contributed by atoms with E-state index in [4.69, 9.17) is 4.74 Å². The topological polar surface area (TPSA) is 9.23 Å². The van der Waals surface area contributed by atoms with Crippen LogP contribution in [-0.4, -0.2) is 7.11 Å². The molecule has 0 aliphatic heterocycles.